The Morgan fingerprint density at radius 2 is 1.06 bits per heavy atom. The maximum absolute atomic E-state index is 12.3. The lowest BCUT2D eigenvalue weighted by molar-refractivity contribution is -0.404. The van der Waals surface area contributed by atoms with Crippen LogP contribution < -0.4 is 0 Å². The van der Waals surface area contributed by atoms with Gasteiger partial charge in [-0.3, -0.25) is 0 Å². The minimum absolute atomic E-state index is 0.0191. The van der Waals surface area contributed by atoms with Gasteiger partial charge in [-0.2, -0.15) is 0 Å². The molecule has 87 heavy (non-hydrogen) atoms. The van der Waals surface area contributed by atoms with E-state index in [0.717, 1.165) is 19.3 Å². The molecular weight excluding hydrogens is 1160 g/mol. The minimum atomic E-state index is -2.06. The van der Waals surface area contributed by atoms with Gasteiger partial charge in [0.15, 0.2) is 37.2 Å². The van der Waals surface area contributed by atoms with Crippen LogP contribution in [0.1, 0.15) is 79.1 Å². The lowest BCUT2D eigenvalue weighted by Crippen LogP contribution is -2.68. The highest BCUT2D eigenvalue weighted by molar-refractivity contribution is 5.17. The number of hydrogen-bond acceptors (Lipinski definition) is 30. The predicted octanol–water partition coefficient (Wildman–Crippen LogP) is -6.90. The van der Waals surface area contributed by atoms with Gasteiger partial charge >= 0.3 is 0 Å². The molecular formula is C57H96O30. The molecule has 18 N–H and O–H groups in total. The Bertz CT molecular complexity index is 2230. The molecule has 38 atom stereocenters. The van der Waals surface area contributed by atoms with E-state index in [-0.39, 0.29) is 72.4 Å². The maximum atomic E-state index is 12.3. The number of methoxy groups -OCH3 is 1. The first-order valence-electron chi connectivity index (χ1n) is 30.9. The standard InChI is InChI=1S/C57H96O30/c1-20(18-77-50-44(73)40(69)37(66)31(14-58)80-50)6-9-57(76-5)21(2)35-30(87-57)11-24-22-10-26(62)25-12-29(27(63)13-56(25,4)23(22)7-8-55(24,35)3)79-52-46(75)42(71)47(34(17-61)83-52)84-54-49(86-53-45(74)41(70)38(67)32(15-59)81-53)48(39(68)33(16-60)82-54)85-51-43(72)36(65)28(64)19-78-51/h20-54,58-75H,6-19H2,1-5H3/t20-,21+,22-,23+,24+,25-,26-,27-,28-,29-,30+,31-,32-,33-,34-,35+,36+,37-,38-,39-,40+,41+,42-,43-,44-,45-,46-,47+,48+,49-,50-,51+,52-,53+,54+,55+,56-,57?/m1/s1. The molecule has 0 aromatic carbocycles. The third-order valence-electron chi connectivity index (χ3n) is 22.2. The van der Waals surface area contributed by atoms with Gasteiger partial charge < -0.3 is 149 Å². The van der Waals surface area contributed by atoms with Gasteiger partial charge in [-0.05, 0) is 91.3 Å². The highest BCUT2D eigenvalue weighted by atomic mass is 16.8. The van der Waals surface area contributed by atoms with Gasteiger partial charge in [0, 0.05) is 19.4 Å². The third-order valence-corrected chi connectivity index (χ3v) is 22.2. The number of aliphatic hydroxyl groups is 18. The summed E-state index contributed by atoms with van der Waals surface area (Å²) in [5, 5.41) is 195. The highest BCUT2D eigenvalue weighted by Gasteiger charge is 2.70. The quantitative estimate of drug-likeness (QED) is 0.0535. The fourth-order valence-electron chi connectivity index (χ4n) is 17.3. The third kappa shape index (κ3) is 12.5. The maximum Gasteiger partial charge on any atom is 0.187 e. The Morgan fingerprint density at radius 1 is 0.506 bits per heavy atom. The second-order valence-electron chi connectivity index (χ2n) is 27.1. The molecule has 0 aromatic rings. The first kappa shape index (κ1) is 68.7. The first-order chi connectivity index (χ1) is 41.2. The smallest absolute Gasteiger partial charge is 0.187 e. The molecule has 1 unspecified atom stereocenters. The molecule has 504 valence electrons. The van der Waals surface area contributed by atoms with E-state index in [2.05, 4.69) is 20.8 Å². The second-order valence-corrected chi connectivity index (χ2v) is 27.1. The van der Waals surface area contributed by atoms with Crippen LogP contribution in [0.5, 0.6) is 0 Å². The number of aliphatic hydroxyl groups excluding tert-OH is 18. The number of fused-ring (bicyclic) bond motifs is 7. The van der Waals surface area contributed by atoms with E-state index < -0.39 is 210 Å². The van der Waals surface area contributed by atoms with Crippen LogP contribution in [0.3, 0.4) is 0 Å². The lowest BCUT2D eigenvalue weighted by Gasteiger charge is -2.63. The molecule has 0 radical (unpaired) electrons. The number of hydrogen-bond donors (Lipinski definition) is 18. The van der Waals surface area contributed by atoms with E-state index >= 15 is 0 Å². The van der Waals surface area contributed by atoms with Crippen molar-refractivity contribution in [2.75, 3.05) is 46.8 Å². The Hall–Kier alpha value is -1.20. The van der Waals surface area contributed by atoms with Gasteiger partial charge in [0.1, 0.15) is 116 Å². The minimum Gasteiger partial charge on any atom is -0.394 e. The van der Waals surface area contributed by atoms with E-state index in [0.29, 0.717) is 19.3 Å². The number of rotatable bonds is 19. The van der Waals surface area contributed by atoms with Crippen molar-refractivity contribution in [3.8, 4) is 0 Å². The zero-order valence-corrected chi connectivity index (χ0v) is 49.6. The molecule has 0 aromatic heterocycles. The molecule has 0 amide bonds. The Kier molecular flexibility index (Phi) is 21.5. The van der Waals surface area contributed by atoms with Gasteiger partial charge in [-0.15, -0.1) is 0 Å². The Morgan fingerprint density at radius 3 is 1.70 bits per heavy atom. The summed E-state index contributed by atoms with van der Waals surface area (Å²) in [4.78, 5) is 0. The molecule has 30 nitrogen and oxygen atoms in total. The van der Waals surface area contributed by atoms with E-state index in [4.69, 9.17) is 56.8 Å². The summed E-state index contributed by atoms with van der Waals surface area (Å²) in [6.07, 6.45) is -40.5. The largest absolute Gasteiger partial charge is 0.394 e. The zero-order valence-electron chi connectivity index (χ0n) is 49.6. The molecule has 10 fully saturated rings. The molecule has 10 rings (SSSR count). The Balaban J connectivity index is 0.787. The lowest BCUT2D eigenvalue weighted by atomic mass is 9.43. The van der Waals surface area contributed by atoms with Gasteiger partial charge in [-0.1, -0.05) is 27.7 Å². The van der Waals surface area contributed by atoms with E-state index in [1.807, 2.05) is 6.92 Å². The topological polar surface area (TPSA) is 475 Å². The normalized spacial score (nSPS) is 55.6. The fourth-order valence-corrected chi connectivity index (χ4v) is 17.3. The molecule has 0 bridgehead atoms. The number of ether oxygens (including phenoxy) is 12. The van der Waals surface area contributed by atoms with Crippen molar-refractivity contribution in [2.45, 2.75) is 257 Å². The van der Waals surface area contributed by atoms with Crippen molar-refractivity contribution in [3.05, 3.63) is 0 Å². The van der Waals surface area contributed by atoms with Crippen LogP contribution in [-0.4, -0.2) is 316 Å². The monoisotopic (exact) mass is 1260 g/mol. The van der Waals surface area contributed by atoms with Crippen molar-refractivity contribution in [1.82, 2.24) is 0 Å². The molecule has 6 aliphatic heterocycles. The van der Waals surface area contributed by atoms with Crippen molar-refractivity contribution >= 4 is 0 Å². The van der Waals surface area contributed by atoms with Crippen molar-refractivity contribution < 1.29 is 149 Å². The summed E-state index contributed by atoms with van der Waals surface area (Å²) in [5.41, 5.74) is -0.736. The van der Waals surface area contributed by atoms with Crippen LogP contribution in [-0.2, 0) is 56.8 Å². The summed E-state index contributed by atoms with van der Waals surface area (Å²) < 4.78 is 72.2. The van der Waals surface area contributed by atoms with Crippen LogP contribution in [0.15, 0.2) is 0 Å². The van der Waals surface area contributed by atoms with E-state index in [1.165, 1.54) is 0 Å². The van der Waals surface area contributed by atoms with Crippen molar-refractivity contribution in [2.24, 2.45) is 52.3 Å². The fraction of sp³-hybridized carbons (Fsp3) is 1.00. The molecule has 10 aliphatic rings. The Labute approximate surface area is 503 Å². The van der Waals surface area contributed by atoms with Crippen molar-refractivity contribution in [3.63, 3.8) is 0 Å². The first-order valence-corrected chi connectivity index (χ1v) is 30.9. The summed E-state index contributed by atoms with van der Waals surface area (Å²) in [6, 6.07) is 0. The van der Waals surface area contributed by atoms with Gasteiger partial charge in [0.2, 0.25) is 0 Å². The summed E-state index contributed by atoms with van der Waals surface area (Å²) in [5.74, 6) is -0.850. The summed E-state index contributed by atoms with van der Waals surface area (Å²) in [6.45, 7) is 4.90. The molecule has 0 spiro atoms. The highest BCUT2D eigenvalue weighted by Crippen LogP contribution is 2.71. The average Bonchev–Trinajstić information content (AvgIpc) is 1.71. The predicted molar refractivity (Wildman–Crippen MR) is 286 cm³/mol. The van der Waals surface area contributed by atoms with Crippen LogP contribution >= 0.6 is 0 Å². The van der Waals surface area contributed by atoms with E-state index in [9.17, 15) is 91.9 Å². The molecule has 6 heterocycles. The molecule has 30 heteroatoms. The summed E-state index contributed by atoms with van der Waals surface area (Å²) >= 11 is 0. The van der Waals surface area contributed by atoms with Crippen LogP contribution in [0.4, 0.5) is 0 Å². The van der Waals surface area contributed by atoms with Gasteiger partial charge in [0.05, 0.1) is 64.1 Å². The summed E-state index contributed by atoms with van der Waals surface area (Å²) in [7, 11) is 1.66. The van der Waals surface area contributed by atoms with Gasteiger partial charge in [0.25, 0.3) is 0 Å². The van der Waals surface area contributed by atoms with E-state index in [1.54, 1.807) is 7.11 Å². The molecule has 4 saturated carbocycles. The van der Waals surface area contributed by atoms with Crippen LogP contribution in [0.25, 0.3) is 0 Å². The van der Waals surface area contributed by atoms with Crippen LogP contribution in [0.2, 0.25) is 0 Å². The van der Waals surface area contributed by atoms with Crippen LogP contribution in [0, 0.1) is 52.3 Å². The average molecular weight is 1260 g/mol. The van der Waals surface area contributed by atoms with Crippen molar-refractivity contribution in [1.29, 1.82) is 0 Å². The van der Waals surface area contributed by atoms with Gasteiger partial charge in [-0.25, -0.2) is 0 Å². The zero-order chi connectivity index (χ0) is 63.1. The molecule has 6 saturated heterocycles. The second kappa shape index (κ2) is 27.3. The molecule has 4 aliphatic carbocycles. The SMILES string of the molecule is COC1(CC[C@@H](C)CO[C@@H]2O[C@H](CO)[C@@H](O)[C@H](O)[C@H]2O)O[C@H]2C[C@H]3[C@@H]4C[C@@H](O)[C@H]5C[C@@H](O[C@@H]6O[C@H](CO)[C@H](O[C@@H]7O[C@H](CO)[C@@H](O)[C@H](O[C@@H]8OC[C@@H](O)[C@H](O)[C@H]8O)[C@H]7O[C@@H]7O[C@H](CO)[C@@H](O)[C@H](O)[C@H]7O)[C@H](O)[C@H]6O)[C@H](O)C[C@]5(C)[C@H]4CC[C@]3(C)[C@H]2[C@@H]1C.